The molecule has 2 N–H and O–H groups in total. The lowest BCUT2D eigenvalue weighted by atomic mass is 10.2. The fourth-order valence-corrected chi connectivity index (χ4v) is 2.74. The smallest absolute Gasteiger partial charge is 0.289 e. The Kier molecular flexibility index (Phi) is 3.20. The van der Waals surface area contributed by atoms with Crippen LogP contribution in [0.2, 0.25) is 0 Å². The largest absolute Gasteiger partial charge is 0.451 e. The monoisotopic (exact) mass is 286 g/mol. The molecule has 0 aliphatic rings. The highest BCUT2D eigenvalue weighted by atomic mass is 32.1. The van der Waals surface area contributed by atoms with Crippen molar-refractivity contribution < 1.29 is 9.21 Å². The zero-order valence-corrected chi connectivity index (χ0v) is 11.8. The Morgan fingerprint density at radius 3 is 2.95 bits per heavy atom. The van der Waals surface area contributed by atoms with Crippen LogP contribution in [-0.2, 0) is 6.54 Å². The Balaban J connectivity index is 1.84. The first-order valence-electron chi connectivity index (χ1n) is 6.19. The van der Waals surface area contributed by atoms with E-state index in [-0.39, 0.29) is 5.91 Å². The SMILES string of the molecule is CN(Cc1ccsc1)C(=O)c1cc2cc(N)ccc2o1. The standard InChI is InChI=1S/C15H14N2O2S/c1-17(8-10-4-5-20-9-10)15(18)14-7-11-6-12(16)2-3-13(11)19-14/h2-7,9H,8,16H2,1H3. The summed E-state index contributed by atoms with van der Waals surface area (Å²) < 4.78 is 5.58. The first-order chi connectivity index (χ1) is 9.63. The van der Waals surface area contributed by atoms with Crippen LogP contribution in [-0.4, -0.2) is 17.9 Å². The number of fused-ring (bicyclic) bond motifs is 1. The van der Waals surface area contributed by atoms with Crippen molar-refractivity contribution in [1.82, 2.24) is 4.90 Å². The molecule has 2 aromatic heterocycles. The molecule has 5 heteroatoms. The van der Waals surface area contributed by atoms with E-state index in [1.54, 1.807) is 47.5 Å². The van der Waals surface area contributed by atoms with Crippen molar-refractivity contribution in [3.63, 3.8) is 0 Å². The number of nitrogen functional groups attached to an aromatic ring is 1. The molecule has 1 aromatic carbocycles. The summed E-state index contributed by atoms with van der Waals surface area (Å²) in [5.41, 5.74) is 8.17. The number of nitrogens with two attached hydrogens (primary N) is 1. The summed E-state index contributed by atoms with van der Waals surface area (Å²) in [5, 5.41) is 4.87. The first kappa shape index (κ1) is 12.7. The lowest BCUT2D eigenvalue weighted by Gasteiger charge is -2.14. The summed E-state index contributed by atoms with van der Waals surface area (Å²) in [5.74, 6) is 0.203. The van der Waals surface area contributed by atoms with Gasteiger partial charge in [-0.25, -0.2) is 0 Å². The van der Waals surface area contributed by atoms with Crippen molar-refractivity contribution in [2.24, 2.45) is 0 Å². The normalized spacial score (nSPS) is 10.8. The van der Waals surface area contributed by atoms with Crippen molar-refractivity contribution in [1.29, 1.82) is 0 Å². The van der Waals surface area contributed by atoms with Crippen LogP contribution < -0.4 is 5.73 Å². The third kappa shape index (κ3) is 2.40. The fourth-order valence-electron chi connectivity index (χ4n) is 2.08. The molecule has 0 unspecified atom stereocenters. The second-order valence-corrected chi connectivity index (χ2v) is 5.48. The molecule has 2 heterocycles. The Morgan fingerprint density at radius 2 is 2.20 bits per heavy atom. The summed E-state index contributed by atoms with van der Waals surface area (Å²) in [4.78, 5) is 14.0. The summed E-state index contributed by atoms with van der Waals surface area (Å²) in [6, 6.07) is 9.08. The van der Waals surface area contributed by atoms with Gasteiger partial charge >= 0.3 is 0 Å². The molecule has 0 saturated carbocycles. The van der Waals surface area contributed by atoms with E-state index in [1.807, 2.05) is 16.8 Å². The molecule has 0 aliphatic heterocycles. The second-order valence-electron chi connectivity index (χ2n) is 4.70. The van der Waals surface area contributed by atoms with Crippen molar-refractivity contribution in [2.45, 2.75) is 6.54 Å². The number of furan rings is 1. The molecule has 3 rings (SSSR count). The highest BCUT2D eigenvalue weighted by Gasteiger charge is 2.17. The van der Waals surface area contributed by atoms with Crippen LogP contribution in [0.3, 0.4) is 0 Å². The maximum Gasteiger partial charge on any atom is 0.289 e. The highest BCUT2D eigenvalue weighted by Crippen LogP contribution is 2.23. The number of amides is 1. The molecule has 0 fully saturated rings. The maximum atomic E-state index is 12.3. The van der Waals surface area contributed by atoms with Gasteiger partial charge in [-0.2, -0.15) is 11.3 Å². The zero-order chi connectivity index (χ0) is 14.1. The van der Waals surface area contributed by atoms with E-state index in [0.717, 1.165) is 10.9 Å². The molecule has 3 aromatic rings. The van der Waals surface area contributed by atoms with Gasteiger partial charge in [0.2, 0.25) is 0 Å². The third-order valence-corrected chi connectivity index (χ3v) is 3.83. The Morgan fingerprint density at radius 1 is 1.35 bits per heavy atom. The first-order valence-corrected chi connectivity index (χ1v) is 7.13. The van der Waals surface area contributed by atoms with E-state index < -0.39 is 0 Å². The molecule has 0 spiro atoms. The predicted octanol–water partition coefficient (Wildman–Crippen LogP) is 3.35. The van der Waals surface area contributed by atoms with Crippen LogP contribution in [0, 0.1) is 0 Å². The molecule has 0 radical (unpaired) electrons. The maximum absolute atomic E-state index is 12.3. The van der Waals surface area contributed by atoms with E-state index in [4.69, 9.17) is 10.2 Å². The van der Waals surface area contributed by atoms with E-state index >= 15 is 0 Å². The van der Waals surface area contributed by atoms with Crippen LogP contribution in [0.1, 0.15) is 16.1 Å². The summed E-state index contributed by atoms with van der Waals surface area (Å²) in [7, 11) is 1.77. The zero-order valence-electron chi connectivity index (χ0n) is 11.0. The number of carbonyl (C=O) groups excluding carboxylic acids is 1. The molecule has 0 aliphatic carbocycles. The van der Waals surface area contributed by atoms with Gasteiger partial charge in [0, 0.05) is 24.7 Å². The minimum absolute atomic E-state index is 0.133. The summed E-state index contributed by atoms with van der Waals surface area (Å²) in [6.07, 6.45) is 0. The Labute approximate surface area is 120 Å². The average Bonchev–Trinajstić information content (AvgIpc) is 3.06. The topological polar surface area (TPSA) is 59.5 Å². The van der Waals surface area contributed by atoms with Gasteiger partial charge in [-0.1, -0.05) is 0 Å². The number of hydrogen-bond donors (Lipinski definition) is 1. The lowest BCUT2D eigenvalue weighted by Crippen LogP contribution is -2.25. The van der Waals surface area contributed by atoms with Crippen LogP contribution in [0.15, 0.2) is 45.5 Å². The number of anilines is 1. The highest BCUT2D eigenvalue weighted by molar-refractivity contribution is 7.07. The van der Waals surface area contributed by atoms with Crippen LogP contribution in [0.4, 0.5) is 5.69 Å². The molecule has 0 bridgehead atoms. The third-order valence-electron chi connectivity index (χ3n) is 3.10. The molecule has 0 atom stereocenters. The molecule has 102 valence electrons. The molecule has 4 nitrogen and oxygen atoms in total. The Hall–Kier alpha value is -2.27. The number of benzene rings is 1. The summed E-state index contributed by atoms with van der Waals surface area (Å²) >= 11 is 1.62. The fraction of sp³-hybridized carbons (Fsp3) is 0.133. The summed E-state index contributed by atoms with van der Waals surface area (Å²) in [6.45, 7) is 0.571. The van der Waals surface area contributed by atoms with Gasteiger partial charge in [-0.15, -0.1) is 0 Å². The van der Waals surface area contributed by atoms with E-state index in [2.05, 4.69) is 0 Å². The predicted molar refractivity (Wildman–Crippen MR) is 80.7 cm³/mol. The van der Waals surface area contributed by atoms with Gasteiger partial charge in [0.05, 0.1) is 0 Å². The second kappa shape index (κ2) is 5.02. The number of carbonyl (C=O) groups is 1. The number of rotatable bonds is 3. The van der Waals surface area contributed by atoms with Gasteiger partial charge in [-0.05, 0) is 46.7 Å². The van der Waals surface area contributed by atoms with Crippen molar-refractivity contribution in [3.8, 4) is 0 Å². The molecular formula is C15H14N2O2S. The van der Waals surface area contributed by atoms with Gasteiger partial charge in [0.25, 0.3) is 5.91 Å². The van der Waals surface area contributed by atoms with Crippen LogP contribution in [0.5, 0.6) is 0 Å². The lowest BCUT2D eigenvalue weighted by molar-refractivity contribution is 0.0756. The molecule has 0 saturated heterocycles. The minimum atomic E-state index is -0.133. The van der Waals surface area contributed by atoms with Crippen molar-refractivity contribution >= 4 is 33.9 Å². The number of nitrogens with zero attached hydrogens (tertiary/aromatic N) is 1. The van der Waals surface area contributed by atoms with E-state index in [0.29, 0.717) is 23.6 Å². The molecule has 20 heavy (non-hydrogen) atoms. The number of hydrogen-bond acceptors (Lipinski definition) is 4. The van der Waals surface area contributed by atoms with Crippen LogP contribution >= 0.6 is 11.3 Å². The van der Waals surface area contributed by atoms with Crippen molar-refractivity contribution in [3.05, 3.63) is 52.4 Å². The minimum Gasteiger partial charge on any atom is -0.451 e. The van der Waals surface area contributed by atoms with Gasteiger partial charge in [0.15, 0.2) is 5.76 Å². The van der Waals surface area contributed by atoms with E-state index in [9.17, 15) is 4.79 Å². The van der Waals surface area contributed by atoms with Gasteiger partial charge in [0.1, 0.15) is 5.58 Å². The van der Waals surface area contributed by atoms with Gasteiger partial charge < -0.3 is 15.1 Å². The van der Waals surface area contributed by atoms with Gasteiger partial charge in [-0.3, -0.25) is 4.79 Å². The average molecular weight is 286 g/mol. The quantitative estimate of drug-likeness (QED) is 0.751. The number of thiophene rings is 1. The van der Waals surface area contributed by atoms with E-state index in [1.165, 1.54) is 0 Å². The van der Waals surface area contributed by atoms with Crippen LogP contribution in [0.25, 0.3) is 11.0 Å². The Bertz CT molecular complexity index is 746. The van der Waals surface area contributed by atoms with Crippen molar-refractivity contribution in [2.75, 3.05) is 12.8 Å². The molecular weight excluding hydrogens is 272 g/mol. The molecule has 1 amide bonds.